The lowest BCUT2D eigenvalue weighted by Gasteiger charge is -2.39. The average molecular weight is 454 g/mol. The van der Waals surface area contributed by atoms with E-state index in [1.54, 1.807) is 45.0 Å². The molecule has 1 aliphatic rings. The molecule has 1 aromatic heterocycles. The number of rotatable bonds is 4. The van der Waals surface area contributed by atoms with Crippen LogP contribution in [0.25, 0.3) is 10.9 Å². The summed E-state index contributed by atoms with van der Waals surface area (Å²) in [4.78, 5) is 29.5. The Bertz CT molecular complexity index is 1160. The van der Waals surface area contributed by atoms with E-state index in [0.29, 0.717) is 37.4 Å². The number of aliphatic carboxylic acids is 1. The van der Waals surface area contributed by atoms with Crippen LogP contribution in [0.15, 0.2) is 54.6 Å². The third-order valence-corrected chi connectivity index (χ3v) is 5.70. The van der Waals surface area contributed by atoms with Gasteiger partial charge in [-0.2, -0.15) is 0 Å². The molecule has 0 saturated carbocycles. The molecule has 1 atom stereocenters. The van der Waals surface area contributed by atoms with E-state index in [1.807, 2.05) is 23.1 Å². The normalized spacial score (nSPS) is 16.1. The first-order chi connectivity index (χ1) is 15.6. The second-order valence-corrected chi connectivity index (χ2v) is 9.18. The summed E-state index contributed by atoms with van der Waals surface area (Å²) in [6.45, 7) is 7.46. The molecule has 7 nitrogen and oxygen atoms in total. The van der Waals surface area contributed by atoms with Gasteiger partial charge in [-0.05, 0) is 57.2 Å². The number of carboxylic acids is 1. The van der Waals surface area contributed by atoms with Gasteiger partial charge in [0.25, 0.3) is 0 Å². The van der Waals surface area contributed by atoms with E-state index in [0.717, 1.165) is 11.1 Å². The molecular weight excluding hydrogens is 425 g/mol. The smallest absolute Gasteiger partial charge is 0.419 e. The second kappa shape index (κ2) is 8.86. The molecule has 0 aliphatic carbocycles. The number of fused-ring (bicyclic) bond motifs is 1. The molecule has 3 aromatic rings. The van der Waals surface area contributed by atoms with Crippen LogP contribution in [0.5, 0.6) is 0 Å². The van der Waals surface area contributed by atoms with Crippen molar-refractivity contribution in [2.45, 2.75) is 32.4 Å². The molecule has 1 aliphatic heterocycles. The van der Waals surface area contributed by atoms with Crippen LogP contribution in [0, 0.1) is 5.82 Å². The lowest BCUT2D eigenvalue weighted by Crippen LogP contribution is -2.50. The summed E-state index contributed by atoms with van der Waals surface area (Å²) in [7, 11) is 0. The fourth-order valence-corrected chi connectivity index (χ4v) is 4.25. The number of carbonyl (C=O) groups excluding carboxylic acids is 1. The van der Waals surface area contributed by atoms with Gasteiger partial charge >= 0.3 is 12.1 Å². The Kier molecular flexibility index (Phi) is 6.12. The van der Waals surface area contributed by atoms with Gasteiger partial charge in [0, 0.05) is 37.3 Å². The molecule has 0 amide bonds. The van der Waals surface area contributed by atoms with Gasteiger partial charge in [0.1, 0.15) is 17.5 Å². The van der Waals surface area contributed by atoms with Crippen molar-refractivity contribution in [2.75, 3.05) is 31.1 Å². The van der Waals surface area contributed by atoms with Crippen molar-refractivity contribution in [3.8, 4) is 0 Å². The highest BCUT2D eigenvalue weighted by molar-refractivity contribution is 5.93. The van der Waals surface area contributed by atoms with Gasteiger partial charge in [0.2, 0.25) is 0 Å². The second-order valence-electron chi connectivity index (χ2n) is 9.18. The van der Waals surface area contributed by atoms with E-state index in [1.165, 1.54) is 16.7 Å². The van der Waals surface area contributed by atoms with Crippen LogP contribution in [0.3, 0.4) is 0 Å². The first kappa shape index (κ1) is 22.8. The lowest BCUT2D eigenvalue weighted by atomic mass is 10.1. The maximum absolute atomic E-state index is 13.3. The molecule has 0 radical (unpaired) electrons. The van der Waals surface area contributed by atoms with E-state index < -0.39 is 23.7 Å². The zero-order valence-corrected chi connectivity index (χ0v) is 19.0. The van der Waals surface area contributed by atoms with Crippen molar-refractivity contribution in [3.05, 3.63) is 66.1 Å². The Balaban J connectivity index is 1.65. The molecule has 1 N–H and O–H groups in total. The van der Waals surface area contributed by atoms with Crippen LogP contribution in [-0.2, 0) is 9.53 Å². The number of para-hydroxylation sites is 1. The van der Waals surface area contributed by atoms with Gasteiger partial charge < -0.3 is 14.7 Å². The van der Waals surface area contributed by atoms with Gasteiger partial charge in [-0.25, -0.2) is 13.8 Å². The zero-order valence-electron chi connectivity index (χ0n) is 19.0. The molecule has 1 unspecified atom stereocenters. The van der Waals surface area contributed by atoms with Crippen LogP contribution in [0.4, 0.5) is 14.9 Å². The van der Waals surface area contributed by atoms with Crippen LogP contribution in [0.2, 0.25) is 0 Å². The third kappa shape index (κ3) is 4.85. The number of aromatic nitrogens is 1. The lowest BCUT2D eigenvalue weighted by molar-refractivity contribution is -0.144. The third-order valence-electron chi connectivity index (χ3n) is 5.70. The number of piperazine rings is 1. The summed E-state index contributed by atoms with van der Waals surface area (Å²) in [5.41, 5.74) is 1.15. The van der Waals surface area contributed by atoms with E-state index in [4.69, 9.17) is 4.74 Å². The predicted octanol–water partition coefficient (Wildman–Crippen LogP) is 4.51. The number of halogens is 1. The Morgan fingerprint density at radius 2 is 1.64 bits per heavy atom. The molecule has 2 aromatic carbocycles. The largest absolute Gasteiger partial charge is 0.480 e. The summed E-state index contributed by atoms with van der Waals surface area (Å²) in [5, 5.41) is 11.0. The summed E-state index contributed by atoms with van der Waals surface area (Å²) >= 11 is 0. The predicted molar refractivity (Wildman–Crippen MR) is 124 cm³/mol. The Morgan fingerprint density at radius 1 is 1.00 bits per heavy atom. The minimum atomic E-state index is -1.03. The topological polar surface area (TPSA) is 75.0 Å². The van der Waals surface area contributed by atoms with E-state index in [-0.39, 0.29) is 5.82 Å². The summed E-state index contributed by atoms with van der Waals surface area (Å²) in [6, 6.07) is 14.3. The fourth-order valence-electron chi connectivity index (χ4n) is 4.25. The van der Waals surface area contributed by atoms with Gasteiger partial charge in [-0.1, -0.05) is 18.2 Å². The Morgan fingerprint density at radius 3 is 2.24 bits per heavy atom. The molecule has 0 bridgehead atoms. The van der Waals surface area contributed by atoms with Crippen molar-refractivity contribution in [1.82, 2.24) is 9.47 Å². The summed E-state index contributed by atoms with van der Waals surface area (Å²) in [6.07, 6.45) is -0.602. The number of anilines is 1. The first-order valence-corrected chi connectivity index (χ1v) is 11.0. The Labute approximate surface area is 192 Å². The summed E-state index contributed by atoms with van der Waals surface area (Å²) in [5.74, 6) is -1.32. The minimum Gasteiger partial charge on any atom is -0.480 e. The van der Waals surface area contributed by atoms with Crippen molar-refractivity contribution in [3.63, 3.8) is 0 Å². The first-order valence-electron chi connectivity index (χ1n) is 11.0. The maximum atomic E-state index is 13.3. The number of benzene rings is 2. The highest BCUT2D eigenvalue weighted by Gasteiger charge is 2.35. The molecule has 1 fully saturated rings. The maximum Gasteiger partial charge on any atom is 0.419 e. The fraction of sp³-hybridized carbons (Fsp3) is 0.360. The van der Waals surface area contributed by atoms with Crippen LogP contribution in [-0.4, -0.2) is 58.4 Å². The number of nitrogens with zero attached hydrogens (tertiary/aromatic N) is 3. The highest BCUT2D eigenvalue weighted by Crippen LogP contribution is 2.31. The number of hydrogen-bond acceptors (Lipinski definition) is 5. The van der Waals surface area contributed by atoms with Gasteiger partial charge in [0.15, 0.2) is 0 Å². The molecule has 174 valence electrons. The number of hydrogen-bond donors (Lipinski definition) is 1. The SMILES string of the molecule is CC(C)(C)OC(=O)n1c(C(C(=O)O)N2CCN(c3ccc(F)cc3)CC2)cc2ccccc21. The quantitative estimate of drug-likeness (QED) is 0.627. The standard InChI is InChI=1S/C25H28FN3O4/c1-25(2,3)33-24(32)29-20-7-5-4-6-17(20)16-21(29)22(23(30)31)28-14-12-27(13-15-28)19-10-8-18(26)9-11-19/h4-11,16,22H,12-15H2,1-3H3,(H,30,31). The molecule has 8 heteroatoms. The van der Waals surface area contributed by atoms with Crippen LogP contribution < -0.4 is 4.90 Å². The minimum absolute atomic E-state index is 0.293. The van der Waals surface area contributed by atoms with Crippen LogP contribution in [0.1, 0.15) is 32.5 Å². The van der Waals surface area contributed by atoms with Crippen molar-refractivity contribution < 1.29 is 23.8 Å². The van der Waals surface area contributed by atoms with Gasteiger partial charge in [-0.3, -0.25) is 9.69 Å². The van der Waals surface area contributed by atoms with Crippen molar-refractivity contribution in [2.24, 2.45) is 0 Å². The van der Waals surface area contributed by atoms with E-state index in [2.05, 4.69) is 4.90 Å². The van der Waals surface area contributed by atoms with Crippen molar-refractivity contribution >= 4 is 28.7 Å². The van der Waals surface area contributed by atoms with E-state index in [9.17, 15) is 19.1 Å². The monoisotopic (exact) mass is 453 g/mol. The van der Waals surface area contributed by atoms with Gasteiger partial charge in [-0.15, -0.1) is 0 Å². The van der Waals surface area contributed by atoms with E-state index >= 15 is 0 Å². The molecule has 0 spiro atoms. The Hall–Kier alpha value is -3.39. The molecule has 1 saturated heterocycles. The number of carbonyl (C=O) groups is 2. The number of ether oxygens (including phenoxy) is 1. The average Bonchev–Trinajstić information content (AvgIpc) is 3.12. The summed E-state index contributed by atoms with van der Waals surface area (Å²) < 4.78 is 20.2. The highest BCUT2D eigenvalue weighted by atomic mass is 19.1. The van der Waals surface area contributed by atoms with Crippen LogP contribution >= 0.6 is 0 Å². The molecule has 4 rings (SSSR count). The number of carboxylic acid groups (broad SMARTS) is 1. The molecule has 2 heterocycles. The van der Waals surface area contributed by atoms with Crippen molar-refractivity contribution in [1.29, 1.82) is 0 Å². The molecular formula is C25H28FN3O4. The molecule has 33 heavy (non-hydrogen) atoms. The van der Waals surface area contributed by atoms with Gasteiger partial charge in [0.05, 0.1) is 11.2 Å². The zero-order chi connectivity index (χ0) is 23.8.